The summed E-state index contributed by atoms with van der Waals surface area (Å²) in [5.74, 6) is 2.35. The van der Waals surface area contributed by atoms with Crippen LogP contribution in [0.25, 0.3) is 0 Å². The normalized spacial score (nSPS) is 18.0. The van der Waals surface area contributed by atoms with Crippen molar-refractivity contribution in [1.82, 2.24) is 24.7 Å². The van der Waals surface area contributed by atoms with E-state index in [-0.39, 0.29) is 6.04 Å². The van der Waals surface area contributed by atoms with Crippen molar-refractivity contribution in [2.75, 3.05) is 0 Å². The molecule has 0 bridgehead atoms. The summed E-state index contributed by atoms with van der Waals surface area (Å²) in [4.78, 5) is 11.7. The highest BCUT2D eigenvalue weighted by atomic mass is 15.3. The molecule has 1 unspecified atom stereocenters. The van der Waals surface area contributed by atoms with Crippen molar-refractivity contribution in [1.29, 1.82) is 0 Å². The lowest BCUT2D eigenvalue weighted by atomic mass is 10.1. The molecule has 2 aromatic heterocycles. The lowest BCUT2D eigenvalue weighted by molar-refractivity contribution is 0.594. The van der Waals surface area contributed by atoms with Crippen LogP contribution in [0.1, 0.15) is 55.0 Å². The van der Waals surface area contributed by atoms with Crippen molar-refractivity contribution >= 4 is 0 Å². The molecule has 6 nitrogen and oxygen atoms in total. The second kappa shape index (κ2) is 5.13. The van der Waals surface area contributed by atoms with E-state index in [9.17, 15) is 0 Å². The van der Waals surface area contributed by atoms with Crippen molar-refractivity contribution in [2.24, 2.45) is 12.8 Å². The zero-order valence-corrected chi connectivity index (χ0v) is 11.2. The number of H-pyrrole nitrogens is 1. The highest BCUT2D eigenvalue weighted by Crippen LogP contribution is 2.32. The summed E-state index contributed by atoms with van der Waals surface area (Å²) in [5.41, 5.74) is 7.25. The Kier molecular flexibility index (Phi) is 3.33. The average molecular weight is 260 g/mol. The van der Waals surface area contributed by atoms with Crippen LogP contribution in [0.15, 0.2) is 12.5 Å². The number of hydrogen-bond donors (Lipinski definition) is 2. The molecule has 0 aliphatic heterocycles. The van der Waals surface area contributed by atoms with E-state index in [1.54, 1.807) is 12.5 Å². The van der Waals surface area contributed by atoms with Crippen LogP contribution in [0, 0.1) is 0 Å². The average Bonchev–Trinajstić information content (AvgIpc) is 3.07. The molecule has 3 N–H and O–H groups in total. The van der Waals surface area contributed by atoms with Crippen LogP contribution in [0.5, 0.6) is 0 Å². The van der Waals surface area contributed by atoms with Gasteiger partial charge in [-0.3, -0.25) is 4.68 Å². The third-order valence-corrected chi connectivity index (χ3v) is 3.86. The first-order valence-electron chi connectivity index (χ1n) is 6.87. The fourth-order valence-electron chi connectivity index (χ4n) is 2.82. The summed E-state index contributed by atoms with van der Waals surface area (Å²) >= 11 is 0. The Morgan fingerprint density at radius 3 is 2.95 bits per heavy atom. The van der Waals surface area contributed by atoms with Gasteiger partial charge in [0.15, 0.2) is 5.82 Å². The molecule has 0 saturated heterocycles. The summed E-state index contributed by atoms with van der Waals surface area (Å²) < 4.78 is 1.83. The zero-order chi connectivity index (χ0) is 13.2. The van der Waals surface area contributed by atoms with Gasteiger partial charge in [-0.1, -0.05) is 12.8 Å². The molecular formula is C13H20N6. The Labute approximate surface area is 112 Å². The largest absolute Gasteiger partial charge is 0.348 e. The number of imidazole rings is 1. The molecular weight excluding hydrogens is 240 g/mol. The maximum Gasteiger partial charge on any atom is 0.154 e. The van der Waals surface area contributed by atoms with E-state index < -0.39 is 0 Å². The fraction of sp³-hybridized carbons (Fsp3) is 0.615. The number of aromatic amines is 1. The van der Waals surface area contributed by atoms with Gasteiger partial charge in [-0.15, -0.1) is 0 Å². The molecule has 2 heterocycles. The Bertz CT molecular complexity index is 523. The van der Waals surface area contributed by atoms with E-state index in [2.05, 4.69) is 20.1 Å². The van der Waals surface area contributed by atoms with Crippen LogP contribution < -0.4 is 5.73 Å². The second-order valence-electron chi connectivity index (χ2n) is 5.32. The number of aryl methyl sites for hydroxylation is 1. The molecule has 1 saturated carbocycles. The van der Waals surface area contributed by atoms with Crippen molar-refractivity contribution in [3.05, 3.63) is 29.9 Å². The van der Waals surface area contributed by atoms with Gasteiger partial charge in [-0.2, -0.15) is 5.10 Å². The van der Waals surface area contributed by atoms with Crippen LogP contribution >= 0.6 is 0 Å². The van der Waals surface area contributed by atoms with Gasteiger partial charge in [0.1, 0.15) is 5.82 Å². The fourth-order valence-corrected chi connectivity index (χ4v) is 2.82. The highest BCUT2D eigenvalue weighted by molar-refractivity contribution is 5.07. The monoisotopic (exact) mass is 260 g/mol. The number of nitrogens with two attached hydrogens (primary N) is 1. The minimum atomic E-state index is -0.145. The van der Waals surface area contributed by atoms with Gasteiger partial charge in [0.25, 0.3) is 0 Å². The number of nitrogens with zero attached hydrogens (tertiary/aromatic N) is 4. The predicted octanol–water partition coefficient (Wildman–Crippen LogP) is 1.44. The summed E-state index contributed by atoms with van der Waals surface area (Å²) in [6, 6.07) is -0.145. The Balaban J connectivity index is 1.76. The predicted molar refractivity (Wildman–Crippen MR) is 71.4 cm³/mol. The van der Waals surface area contributed by atoms with Gasteiger partial charge in [0, 0.05) is 31.3 Å². The van der Waals surface area contributed by atoms with Crippen molar-refractivity contribution in [2.45, 2.75) is 44.1 Å². The first-order chi connectivity index (χ1) is 9.24. The number of hydrogen-bond acceptors (Lipinski definition) is 4. The topological polar surface area (TPSA) is 85.4 Å². The Hall–Kier alpha value is -1.69. The van der Waals surface area contributed by atoms with E-state index in [1.807, 2.05) is 11.7 Å². The molecule has 0 amide bonds. The Morgan fingerprint density at radius 2 is 2.26 bits per heavy atom. The molecule has 6 heteroatoms. The van der Waals surface area contributed by atoms with Crippen molar-refractivity contribution in [3.63, 3.8) is 0 Å². The minimum Gasteiger partial charge on any atom is -0.348 e. The first-order valence-corrected chi connectivity index (χ1v) is 6.87. The lowest BCUT2D eigenvalue weighted by Gasteiger charge is -2.08. The minimum absolute atomic E-state index is 0.145. The van der Waals surface area contributed by atoms with Crippen molar-refractivity contribution < 1.29 is 0 Å². The highest BCUT2D eigenvalue weighted by Gasteiger charge is 2.24. The van der Waals surface area contributed by atoms with E-state index in [0.29, 0.717) is 12.3 Å². The molecule has 2 aromatic rings. The van der Waals surface area contributed by atoms with E-state index in [4.69, 9.17) is 5.73 Å². The van der Waals surface area contributed by atoms with Crippen LogP contribution in [-0.2, 0) is 13.5 Å². The number of aromatic nitrogens is 5. The quantitative estimate of drug-likeness (QED) is 0.871. The SMILES string of the molecule is Cn1nc(C2CCCC2)nc1C(N)Cc1cnc[nH]1. The molecule has 3 rings (SSSR count). The smallest absolute Gasteiger partial charge is 0.154 e. The number of rotatable bonds is 4. The molecule has 0 aromatic carbocycles. The molecule has 1 fully saturated rings. The van der Waals surface area contributed by atoms with Gasteiger partial charge in [-0.25, -0.2) is 9.97 Å². The first kappa shape index (κ1) is 12.3. The molecule has 1 aliphatic rings. The van der Waals surface area contributed by atoms with E-state index >= 15 is 0 Å². The Morgan fingerprint density at radius 1 is 1.47 bits per heavy atom. The standard InChI is InChI=1S/C13H20N6/c1-19-13(11(14)6-10-7-15-8-16-10)17-12(18-19)9-4-2-3-5-9/h7-9,11H,2-6,14H2,1H3,(H,15,16). The maximum absolute atomic E-state index is 6.23. The van der Waals surface area contributed by atoms with Crippen LogP contribution in [0.4, 0.5) is 0 Å². The van der Waals surface area contributed by atoms with Crippen LogP contribution in [-0.4, -0.2) is 24.7 Å². The van der Waals surface area contributed by atoms with E-state index in [0.717, 1.165) is 17.3 Å². The van der Waals surface area contributed by atoms with E-state index in [1.165, 1.54) is 25.7 Å². The maximum atomic E-state index is 6.23. The van der Waals surface area contributed by atoms with Gasteiger partial charge in [0.2, 0.25) is 0 Å². The zero-order valence-electron chi connectivity index (χ0n) is 11.2. The van der Waals surface area contributed by atoms with Crippen LogP contribution in [0.3, 0.4) is 0 Å². The molecule has 102 valence electrons. The summed E-state index contributed by atoms with van der Waals surface area (Å²) in [6.45, 7) is 0. The van der Waals surface area contributed by atoms with Gasteiger partial charge in [-0.05, 0) is 12.8 Å². The molecule has 0 spiro atoms. The van der Waals surface area contributed by atoms with Gasteiger partial charge < -0.3 is 10.7 Å². The molecule has 1 aliphatic carbocycles. The van der Waals surface area contributed by atoms with Gasteiger partial charge >= 0.3 is 0 Å². The summed E-state index contributed by atoms with van der Waals surface area (Å²) in [7, 11) is 1.92. The number of nitrogens with one attached hydrogen (secondary N) is 1. The lowest BCUT2D eigenvalue weighted by Crippen LogP contribution is -2.18. The molecule has 19 heavy (non-hydrogen) atoms. The van der Waals surface area contributed by atoms with Crippen LogP contribution in [0.2, 0.25) is 0 Å². The second-order valence-corrected chi connectivity index (χ2v) is 5.32. The van der Waals surface area contributed by atoms with Gasteiger partial charge in [0.05, 0.1) is 12.4 Å². The third-order valence-electron chi connectivity index (χ3n) is 3.86. The van der Waals surface area contributed by atoms with Crippen molar-refractivity contribution in [3.8, 4) is 0 Å². The third kappa shape index (κ3) is 2.53. The summed E-state index contributed by atoms with van der Waals surface area (Å²) in [6.07, 6.45) is 9.17. The molecule has 1 atom stereocenters. The molecule has 0 radical (unpaired) electrons. The summed E-state index contributed by atoms with van der Waals surface area (Å²) in [5, 5.41) is 4.54.